The molecule has 0 aliphatic rings. The minimum Gasteiger partial charge on any atom is -0.370 e. The van der Waals surface area contributed by atoms with Crippen molar-refractivity contribution in [2.75, 3.05) is 13.7 Å². The average Bonchev–Trinajstić information content (AvgIpc) is 2.29. The quantitative estimate of drug-likeness (QED) is 0.855. The third-order valence-electron chi connectivity index (χ3n) is 2.20. The van der Waals surface area contributed by atoms with E-state index in [1.165, 1.54) is 7.11 Å². The Morgan fingerprint density at radius 3 is 2.71 bits per heavy atom. The first-order valence-electron chi connectivity index (χ1n) is 4.93. The maximum absolute atomic E-state index is 11.5. The van der Waals surface area contributed by atoms with E-state index in [1.807, 2.05) is 18.2 Å². The zero-order valence-electron chi connectivity index (χ0n) is 9.48. The van der Waals surface area contributed by atoms with Crippen molar-refractivity contribution in [3.05, 3.63) is 34.9 Å². The van der Waals surface area contributed by atoms with Gasteiger partial charge in [0.05, 0.1) is 0 Å². The Bertz CT molecular complexity index is 357. The molecule has 4 nitrogen and oxygen atoms in total. The first-order valence-corrected chi connectivity index (χ1v) is 5.30. The number of nitrogens with two attached hydrogens (primary N) is 1. The van der Waals surface area contributed by atoms with Crippen LogP contribution in [0.3, 0.4) is 0 Å². The molecule has 0 radical (unpaired) electrons. The van der Waals surface area contributed by atoms with Crippen molar-refractivity contribution in [3.8, 4) is 0 Å². The van der Waals surface area contributed by atoms with Crippen LogP contribution in [0.15, 0.2) is 24.3 Å². The summed E-state index contributed by atoms with van der Waals surface area (Å²) in [6, 6.07) is 7.34. The predicted molar refractivity (Wildman–Crippen MR) is 70.4 cm³/mol. The van der Waals surface area contributed by atoms with Gasteiger partial charge in [0.1, 0.15) is 6.10 Å². The molecule has 0 heterocycles. The number of carbonyl (C=O) groups is 1. The van der Waals surface area contributed by atoms with Crippen LogP contribution in [0.5, 0.6) is 0 Å². The van der Waals surface area contributed by atoms with E-state index < -0.39 is 6.10 Å². The molecule has 6 heteroatoms. The van der Waals surface area contributed by atoms with E-state index in [2.05, 4.69) is 5.32 Å². The highest BCUT2D eigenvalue weighted by molar-refractivity contribution is 6.31. The smallest absolute Gasteiger partial charge is 0.250 e. The standard InChI is InChI=1S/C11H15ClN2O2.ClH/c1-16-10(6-13)11(15)14-7-8-4-2-3-5-9(8)12;/h2-5,10H,6-7,13H2,1H3,(H,14,15);1H. The molecule has 1 atom stereocenters. The normalized spacial score (nSPS) is 11.5. The lowest BCUT2D eigenvalue weighted by Crippen LogP contribution is -2.40. The third kappa shape index (κ3) is 4.91. The van der Waals surface area contributed by atoms with Crippen LogP contribution in [0, 0.1) is 0 Å². The molecule has 0 fully saturated rings. The fraction of sp³-hybridized carbons (Fsp3) is 0.364. The molecule has 1 aromatic carbocycles. The van der Waals surface area contributed by atoms with Gasteiger partial charge >= 0.3 is 0 Å². The number of carbonyl (C=O) groups excluding carboxylic acids is 1. The van der Waals surface area contributed by atoms with Crippen LogP contribution < -0.4 is 11.1 Å². The van der Waals surface area contributed by atoms with Gasteiger partial charge in [-0.15, -0.1) is 12.4 Å². The number of halogens is 2. The molecule has 17 heavy (non-hydrogen) atoms. The van der Waals surface area contributed by atoms with Crippen molar-refractivity contribution >= 4 is 29.9 Å². The Hall–Kier alpha value is -0.810. The molecular weight excluding hydrogens is 263 g/mol. The molecule has 0 aliphatic heterocycles. The van der Waals surface area contributed by atoms with Crippen molar-refractivity contribution in [1.82, 2.24) is 5.32 Å². The number of hydrogen-bond donors (Lipinski definition) is 2. The van der Waals surface area contributed by atoms with Gasteiger partial charge in [-0.25, -0.2) is 0 Å². The molecule has 1 rings (SSSR count). The second kappa shape index (κ2) is 8.31. The summed E-state index contributed by atoms with van der Waals surface area (Å²) >= 11 is 5.95. The van der Waals surface area contributed by atoms with E-state index >= 15 is 0 Å². The SMILES string of the molecule is COC(CN)C(=O)NCc1ccccc1Cl.Cl. The van der Waals surface area contributed by atoms with Crippen LogP contribution in [-0.2, 0) is 16.1 Å². The third-order valence-corrected chi connectivity index (χ3v) is 2.57. The van der Waals surface area contributed by atoms with E-state index in [-0.39, 0.29) is 24.9 Å². The Morgan fingerprint density at radius 1 is 1.53 bits per heavy atom. The number of benzene rings is 1. The molecule has 96 valence electrons. The van der Waals surface area contributed by atoms with Crippen molar-refractivity contribution in [2.24, 2.45) is 5.73 Å². The van der Waals surface area contributed by atoms with Crippen molar-refractivity contribution < 1.29 is 9.53 Å². The molecule has 0 bridgehead atoms. The van der Waals surface area contributed by atoms with Crippen molar-refractivity contribution in [1.29, 1.82) is 0 Å². The lowest BCUT2D eigenvalue weighted by Gasteiger charge is -2.13. The summed E-state index contributed by atoms with van der Waals surface area (Å²) in [5.41, 5.74) is 6.24. The molecule has 0 aliphatic carbocycles. The number of hydrogen-bond acceptors (Lipinski definition) is 3. The Balaban J connectivity index is 0.00000256. The number of amides is 1. The van der Waals surface area contributed by atoms with E-state index in [0.29, 0.717) is 11.6 Å². The van der Waals surface area contributed by atoms with Crippen molar-refractivity contribution in [3.63, 3.8) is 0 Å². The van der Waals surface area contributed by atoms with Gasteiger partial charge in [-0.2, -0.15) is 0 Å². The van der Waals surface area contributed by atoms with Gasteiger partial charge in [0.15, 0.2) is 0 Å². The van der Waals surface area contributed by atoms with Gasteiger partial charge in [0.25, 0.3) is 5.91 Å². The summed E-state index contributed by atoms with van der Waals surface area (Å²) in [6.07, 6.45) is -0.609. The molecule has 0 saturated heterocycles. The first-order chi connectivity index (χ1) is 7.69. The molecule has 1 amide bonds. The first kappa shape index (κ1) is 16.2. The van der Waals surface area contributed by atoms with Gasteiger partial charge in [0, 0.05) is 25.2 Å². The molecule has 1 aromatic rings. The molecule has 1 unspecified atom stereocenters. The van der Waals surface area contributed by atoms with Gasteiger partial charge in [0.2, 0.25) is 0 Å². The number of ether oxygens (including phenoxy) is 1. The summed E-state index contributed by atoms with van der Waals surface area (Å²) in [6.45, 7) is 0.531. The monoisotopic (exact) mass is 278 g/mol. The van der Waals surface area contributed by atoms with Gasteiger partial charge in [-0.3, -0.25) is 4.79 Å². The Kier molecular flexibility index (Phi) is 7.91. The maximum Gasteiger partial charge on any atom is 0.250 e. The van der Waals surface area contributed by atoms with E-state index in [4.69, 9.17) is 22.1 Å². The number of rotatable bonds is 5. The summed E-state index contributed by atoms with van der Waals surface area (Å²) in [5, 5.41) is 3.34. The highest BCUT2D eigenvalue weighted by Gasteiger charge is 2.15. The molecule has 0 aromatic heterocycles. The summed E-state index contributed by atoms with van der Waals surface area (Å²) in [7, 11) is 1.45. The van der Waals surface area contributed by atoms with Crippen LogP contribution in [0.2, 0.25) is 5.02 Å². The molecule has 3 N–H and O–H groups in total. The van der Waals surface area contributed by atoms with Crippen LogP contribution in [0.4, 0.5) is 0 Å². The number of methoxy groups -OCH3 is 1. The van der Waals surface area contributed by atoms with E-state index in [9.17, 15) is 4.79 Å². The zero-order valence-corrected chi connectivity index (χ0v) is 11.1. The lowest BCUT2D eigenvalue weighted by atomic mass is 10.2. The van der Waals surface area contributed by atoms with Gasteiger partial charge in [-0.1, -0.05) is 29.8 Å². The number of nitrogens with one attached hydrogen (secondary N) is 1. The molecule has 0 spiro atoms. The predicted octanol–water partition coefficient (Wildman–Crippen LogP) is 1.35. The molecule has 0 saturated carbocycles. The maximum atomic E-state index is 11.5. The summed E-state index contributed by atoms with van der Waals surface area (Å²) in [4.78, 5) is 11.5. The van der Waals surface area contributed by atoms with Gasteiger partial charge in [-0.05, 0) is 11.6 Å². The second-order valence-electron chi connectivity index (χ2n) is 3.27. The highest BCUT2D eigenvalue weighted by Crippen LogP contribution is 2.14. The van der Waals surface area contributed by atoms with Crippen LogP contribution in [0.1, 0.15) is 5.56 Å². The fourth-order valence-electron chi connectivity index (χ4n) is 1.25. The molecular formula is C11H16Cl2N2O2. The Labute approximate surface area is 112 Å². The van der Waals surface area contributed by atoms with Crippen molar-refractivity contribution in [2.45, 2.75) is 12.6 Å². The minimum absolute atomic E-state index is 0. The highest BCUT2D eigenvalue weighted by atomic mass is 35.5. The largest absolute Gasteiger partial charge is 0.370 e. The summed E-state index contributed by atoms with van der Waals surface area (Å²) < 4.78 is 4.91. The fourth-order valence-corrected chi connectivity index (χ4v) is 1.45. The topological polar surface area (TPSA) is 64.3 Å². The Morgan fingerprint density at radius 2 is 2.18 bits per heavy atom. The zero-order chi connectivity index (χ0) is 12.0. The van der Waals surface area contributed by atoms with Gasteiger partial charge < -0.3 is 15.8 Å². The van der Waals surface area contributed by atoms with E-state index in [0.717, 1.165) is 5.56 Å². The van der Waals surface area contributed by atoms with Crippen LogP contribution in [-0.4, -0.2) is 25.7 Å². The summed E-state index contributed by atoms with van der Waals surface area (Å²) in [5.74, 6) is -0.232. The van der Waals surface area contributed by atoms with Crippen LogP contribution >= 0.6 is 24.0 Å². The van der Waals surface area contributed by atoms with Crippen LogP contribution in [0.25, 0.3) is 0 Å². The average molecular weight is 279 g/mol. The lowest BCUT2D eigenvalue weighted by molar-refractivity contribution is -0.130. The minimum atomic E-state index is -0.609. The van der Waals surface area contributed by atoms with E-state index in [1.54, 1.807) is 6.07 Å². The second-order valence-corrected chi connectivity index (χ2v) is 3.68.